The molecule has 0 radical (unpaired) electrons. The summed E-state index contributed by atoms with van der Waals surface area (Å²) in [5, 5.41) is 8.35. The van der Waals surface area contributed by atoms with Gasteiger partial charge in [-0.25, -0.2) is 0 Å². The van der Waals surface area contributed by atoms with Gasteiger partial charge in [0, 0.05) is 0 Å². The number of hydrogen-bond acceptors (Lipinski definition) is 3. The van der Waals surface area contributed by atoms with Gasteiger partial charge in [0.05, 0.1) is 4.81 Å². The van der Waals surface area contributed by atoms with E-state index in [2.05, 4.69) is 9.68 Å². The Morgan fingerprint density at radius 3 is 1.78 bits per heavy atom. The third-order valence-corrected chi connectivity index (χ3v) is 1.04. The Bertz CT molecular complexity index is 109. The van der Waals surface area contributed by atoms with E-state index < -0.39 is 10.9 Å². The monoisotopic (exact) mass is 136 g/mol. The standard InChI is InChI=1S/C4H9NO4/c1-5(8-2,9-3)4(6)7/h1-3H3/p+1. The van der Waals surface area contributed by atoms with Crippen LogP contribution in [0.1, 0.15) is 0 Å². The highest BCUT2D eigenvalue weighted by Gasteiger charge is 2.34. The number of hydrogen-bond donors (Lipinski definition) is 1. The predicted octanol–water partition coefficient (Wildman–Crippen LogP) is 0.234. The SMILES string of the molecule is CO[N+](C)(OC)C(=O)O. The molecule has 0 aliphatic carbocycles. The first kappa shape index (κ1) is 8.35. The van der Waals surface area contributed by atoms with Crippen LogP contribution in [0.2, 0.25) is 0 Å². The molecular weight excluding hydrogens is 126 g/mol. The second-order valence-electron chi connectivity index (χ2n) is 1.49. The summed E-state index contributed by atoms with van der Waals surface area (Å²) in [6.45, 7) is 0. The van der Waals surface area contributed by atoms with E-state index in [4.69, 9.17) is 5.11 Å². The number of carboxylic acid groups (broad SMARTS) is 1. The van der Waals surface area contributed by atoms with E-state index in [1.807, 2.05) is 0 Å². The molecule has 54 valence electrons. The van der Waals surface area contributed by atoms with Gasteiger partial charge in [0.15, 0.2) is 0 Å². The molecule has 9 heavy (non-hydrogen) atoms. The van der Waals surface area contributed by atoms with Gasteiger partial charge in [-0.3, -0.25) is 0 Å². The van der Waals surface area contributed by atoms with Crippen molar-refractivity contribution in [1.82, 2.24) is 0 Å². The largest absolute Gasteiger partial charge is 0.582 e. The zero-order valence-electron chi connectivity index (χ0n) is 5.62. The second-order valence-corrected chi connectivity index (χ2v) is 1.49. The van der Waals surface area contributed by atoms with E-state index in [1.54, 1.807) is 0 Å². The third-order valence-electron chi connectivity index (χ3n) is 1.04. The molecule has 0 aliphatic rings. The van der Waals surface area contributed by atoms with Gasteiger partial charge in [0.1, 0.15) is 21.3 Å². The lowest BCUT2D eigenvalue weighted by molar-refractivity contribution is -1.18. The van der Waals surface area contributed by atoms with Crippen LogP contribution in [0, 0.1) is 0 Å². The van der Waals surface area contributed by atoms with Gasteiger partial charge >= 0.3 is 6.09 Å². The fraction of sp³-hybridized carbons (Fsp3) is 0.750. The highest BCUT2D eigenvalue weighted by Crippen LogP contribution is 2.01. The van der Waals surface area contributed by atoms with Gasteiger partial charge < -0.3 is 5.11 Å². The van der Waals surface area contributed by atoms with Crippen molar-refractivity contribution in [3.63, 3.8) is 0 Å². The summed E-state index contributed by atoms with van der Waals surface area (Å²) in [4.78, 5) is 18.2. The average molecular weight is 136 g/mol. The Morgan fingerprint density at radius 1 is 1.44 bits per heavy atom. The summed E-state index contributed by atoms with van der Waals surface area (Å²) in [7, 11) is 3.76. The van der Waals surface area contributed by atoms with Crippen LogP contribution < -0.4 is 0 Å². The highest BCUT2D eigenvalue weighted by atomic mass is 17.0. The van der Waals surface area contributed by atoms with Crippen LogP contribution in [0.3, 0.4) is 0 Å². The molecule has 0 bridgehead atoms. The van der Waals surface area contributed by atoms with Crippen LogP contribution in [-0.2, 0) is 9.68 Å². The molecule has 0 heterocycles. The molecule has 0 rings (SSSR count). The van der Waals surface area contributed by atoms with Crippen LogP contribution >= 0.6 is 0 Å². The molecule has 0 fully saturated rings. The zero-order valence-corrected chi connectivity index (χ0v) is 5.62. The lowest BCUT2D eigenvalue weighted by Gasteiger charge is -2.17. The zero-order chi connectivity index (χ0) is 7.49. The third kappa shape index (κ3) is 1.63. The van der Waals surface area contributed by atoms with Crippen molar-refractivity contribution >= 4 is 6.09 Å². The Hall–Kier alpha value is -0.650. The van der Waals surface area contributed by atoms with Gasteiger partial charge in [0.25, 0.3) is 0 Å². The summed E-state index contributed by atoms with van der Waals surface area (Å²) in [6, 6.07) is 0. The fourth-order valence-electron chi connectivity index (χ4n) is 0.231. The highest BCUT2D eigenvalue weighted by molar-refractivity contribution is 5.54. The van der Waals surface area contributed by atoms with E-state index >= 15 is 0 Å². The number of hydroxylamine groups is 4. The van der Waals surface area contributed by atoms with Crippen LogP contribution in [0.15, 0.2) is 0 Å². The fourth-order valence-corrected chi connectivity index (χ4v) is 0.231. The maximum Gasteiger partial charge on any atom is 0.582 e. The van der Waals surface area contributed by atoms with Crippen molar-refractivity contribution in [2.75, 3.05) is 21.3 Å². The molecule has 5 nitrogen and oxygen atoms in total. The molecule has 1 N–H and O–H groups in total. The summed E-state index contributed by atoms with van der Waals surface area (Å²) in [5.41, 5.74) is 0. The average Bonchev–Trinajstić information content (AvgIpc) is 1.86. The normalized spacial score (nSPS) is 11.4. The Morgan fingerprint density at radius 2 is 1.78 bits per heavy atom. The van der Waals surface area contributed by atoms with Crippen LogP contribution in [0.25, 0.3) is 0 Å². The number of amides is 1. The topological polar surface area (TPSA) is 55.8 Å². The van der Waals surface area contributed by atoms with Crippen molar-refractivity contribution in [3.05, 3.63) is 0 Å². The molecule has 0 atom stereocenters. The molecular formula is C4H10NO4+. The predicted molar refractivity (Wildman–Crippen MR) is 28.2 cm³/mol. The van der Waals surface area contributed by atoms with Crippen molar-refractivity contribution in [3.8, 4) is 0 Å². The lowest BCUT2D eigenvalue weighted by atomic mass is 11.0. The quantitative estimate of drug-likeness (QED) is 0.436. The Kier molecular flexibility index (Phi) is 2.57. The summed E-state index contributed by atoms with van der Waals surface area (Å²) in [5.74, 6) is 0. The molecule has 0 unspecified atom stereocenters. The first-order chi connectivity index (χ1) is 4.06. The number of quaternary nitrogens is 1. The summed E-state index contributed by atoms with van der Waals surface area (Å²) < 4.78 is 0. The minimum absolute atomic E-state index is 0.889. The maximum absolute atomic E-state index is 10.2. The molecule has 0 aromatic rings. The van der Waals surface area contributed by atoms with Crippen molar-refractivity contribution < 1.29 is 24.4 Å². The molecule has 0 aliphatic heterocycles. The van der Waals surface area contributed by atoms with E-state index in [0.29, 0.717) is 0 Å². The number of nitrogens with zero attached hydrogens (tertiary/aromatic N) is 1. The molecule has 1 amide bonds. The van der Waals surface area contributed by atoms with Gasteiger partial charge in [0.2, 0.25) is 0 Å². The Labute approximate surface area is 52.9 Å². The van der Waals surface area contributed by atoms with E-state index in [1.165, 1.54) is 21.3 Å². The molecule has 0 saturated heterocycles. The lowest BCUT2D eigenvalue weighted by Crippen LogP contribution is -2.46. The van der Waals surface area contributed by atoms with Crippen LogP contribution in [0.4, 0.5) is 4.79 Å². The maximum atomic E-state index is 10.2. The number of rotatable bonds is 2. The van der Waals surface area contributed by atoms with Crippen molar-refractivity contribution in [2.45, 2.75) is 0 Å². The van der Waals surface area contributed by atoms with Crippen LogP contribution in [0.5, 0.6) is 0 Å². The smallest absolute Gasteiger partial charge is 0.431 e. The minimum atomic E-state index is -1.19. The van der Waals surface area contributed by atoms with Crippen molar-refractivity contribution in [2.24, 2.45) is 0 Å². The van der Waals surface area contributed by atoms with E-state index in [-0.39, 0.29) is 0 Å². The summed E-state index contributed by atoms with van der Waals surface area (Å²) >= 11 is 0. The van der Waals surface area contributed by atoms with Gasteiger partial charge in [-0.2, -0.15) is 14.5 Å². The second kappa shape index (κ2) is 2.77. The number of carbonyl (C=O) groups is 1. The first-order valence-corrected chi connectivity index (χ1v) is 2.28. The molecule has 0 saturated carbocycles. The molecule has 0 aromatic heterocycles. The van der Waals surface area contributed by atoms with E-state index in [0.717, 1.165) is 0 Å². The molecule has 0 aromatic carbocycles. The van der Waals surface area contributed by atoms with Gasteiger partial charge in [-0.05, 0) is 0 Å². The Balaban J connectivity index is 4.09. The van der Waals surface area contributed by atoms with Gasteiger partial charge in [-0.15, -0.1) is 0 Å². The molecule has 5 heteroatoms. The van der Waals surface area contributed by atoms with E-state index in [9.17, 15) is 4.79 Å². The molecule has 0 spiro atoms. The first-order valence-electron chi connectivity index (χ1n) is 2.28. The minimum Gasteiger partial charge on any atom is -0.431 e. The van der Waals surface area contributed by atoms with Crippen molar-refractivity contribution in [1.29, 1.82) is 0 Å². The van der Waals surface area contributed by atoms with Crippen LogP contribution in [-0.4, -0.2) is 37.3 Å². The summed E-state index contributed by atoms with van der Waals surface area (Å²) in [6.07, 6.45) is -1.19. The van der Waals surface area contributed by atoms with Gasteiger partial charge in [-0.1, -0.05) is 0 Å².